The van der Waals surface area contributed by atoms with Crippen molar-refractivity contribution in [1.82, 2.24) is 14.5 Å². The Hall–Kier alpha value is -1.37. The summed E-state index contributed by atoms with van der Waals surface area (Å²) < 4.78 is 7.24. The first-order valence-electron chi connectivity index (χ1n) is 8.72. The van der Waals surface area contributed by atoms with E-state index in [1.54, 1.807) is 11.8 Å². The van der Waals surface area contributed by atoms with Crippen molar-refractivity contribution in [2.45, 2.75) is 31.5 Å². The molecule has 1 aliphatic heterocycles. The van der Waals surface area contributed by atoms with E-state index >= 15 is 0 Å². The summed E-state index contributed by atoms with van der Waals surface area (Å²) in [7, 11) is 0. The Labute approximate surface area is 147 Å². The van der Waals surface area contributed by atoms with Gasteiger partial charge in [0.25, 0.3) is 5.56 Å². The maximum absolute atomic E-state index is 12.8. The zero-order chi connectivity index (χ0) is 16.8. The van der Waals surface area contributed by atoms with E-state index in [2.05, 4.69) is 11.8 Å². The van der Waals surface area contributed by atoms with Gasteiger partial charge in [0.1, 0.15) is 0 Å². The molecule has 0 bridgehead atoms. The minimum absolute atomic E-state index is 0.0860. The van der Waals surface area contributed by atoms with Crippen molar-refractivity contribution >= 4 is 22.7 Å². The van der Waals surface area contributed by atoms with Crippen LogP contribution in [-0.2, 0) is 11.3 Å². The maximum Gasteiger partial charge on any atom is 0.262 e. The molecule has 0 amide bonds. The SMILES string of the molecule is CCCCn1c(SCCN2CCOCC2)nc2ccccc2c1=O. The molecule has 0 spiro atoms. The van der Waals surface area contributed by atoms with E-state index < -0.39 is 0 Å². The van der Waals surface area contributed by atoms with Crippen LogP contribution < -0.4 is 5.56 Å². The predicted molar refractivity (Wildman–Crippen MR) is 98.9 cm³/mol. The minimum atomic E-state index is 0.0860. The first-order chi connectivity index (χ1) is 11.8. The van der Waals surface area contributed by atoms with Crippen LogP contribution in [0.3, 0.4) is 0 Å². The number of para-hydroxylation sites is 1. The van der Waals surface area contributed by atoms with E-state index in [4.69, 9.17) is 9.72 Å². The Kier molecular flexibility index (Phi) is 6.29. The Balaban J connectivity index is 1.77. The van der Waals surface area contributed by atoms with Crippen molar-refractivity contribution in [2.75, 3.05) is 38.6 Å². The fraction of sp³-hybridized carbons (Fsp3) is 0.556. The molecule has 1 aliphatic rings. The number of hydrogen-bond acceptors (Lipinski definition) is 5. The molecule has 0 radical (unpaired) electrons. The highest BCUT2D eigenvalue weighted by atomic mass is 32.2. The van der Waals surface area contributed by atoms with Crippen LogP contribution in [0.5, 0.6) is 0 Å². The number of aromatic nitrogens is 2. The van der Waals surface area contributed by atoms with Crippen molar-refractivity contribution in [3.63, 3.8) is 0 Å². The monoisotopic (exact) mass is 347 g/mol. The zero-order valence-electron chi connectivity index (χ0n) is 14.2. The van der Waals surface area contributed by atoms with Gasteiger partial charge in [-0.2, -0.15) is 0 Å². The molecule has 24 heavy (non-hydrogen) atoms. The van der Waals surface area contributed by atoms with Crippen LogP contribution >= 0.6 is 11.8 Å². The average Bonchev–Trinajstić information content (AvgIpc) is 2.62. The Bertz CT molecular complexity index is 726. The number of nitrogens with zero attached hydrogens (tertiary/aromatic N) is 3. The molecule has 5 nitrogen and oxygen atoms in total. The Morgan fingerprint density at radius 3 is 2.79 bits per heavy atom. The summed E-state index contributed by atoms with van der Waals surface area (Å²) in [6.07, 6.45) is 2.06. The van der Waals surface area contributed by atoms with E-state index in [-0.39, 0.29) is 5.56 Å². The summed E-state index contributed by atoms with van der Waals surface area (Å²) in [5.41, 5.74) is 0.882. The molecule has 0 atom stereocenters. The minimum Gasteiger partial charge on any atom is -0.379 e. The third-order valence-corrected chi connectivity index (χ3v) is 5.26. The van der Waals surface area contributed by atoms with Gasteiger partial charge in [0.2, 0.25) is 0 Å². The second-order valence-corrected chi connectivity index (χ2v) is 7.09. The molecule has 2 heterocycles. The summed E-state index contributed by atoms with van der Waals surface area (Å²) in [4.78, 5) is 20.0. The number of thioether (sulfide) groups is 1. The van der Waals surface area contributed by atoms with Crippen LogP contribution in [0.2, 0.25) is 0 Å². The number of benzene rings is 1. The van der Waals surface area contributed by atoms with E-state index in [9.17, 15) is 4.79 Å². The van der Waals surface area contributed by atoms with Crippen molar-refractivity contribution in [3.8, 4) is 0 Å². The topological polar surface area (TPSA) is 47.4 Å². The fourth-order valence-electron chi connectivity index (χ4n) is 2.86. The quantitative estimate of drug-likeness (QED) is 0.569. The molecule has 0 aliphatic carbocycles. The van der Waals surface area contributed by atoms with Crippen molar-refractivity contribution in [1.29, 1.82) is 0 Å². The molecule has 1 aromatic carbocycles. The number of fused-ring (bicyclic) bond motifs is 1. The van der Waals surface area contributed by atoms with Gasteiger partial charge in [0.05, 0.1) is 24.1 Å². The summed E-state index contributed by atoms with van der Waals surface area (Å²) in [6, 6.07) is 7.64. The van der Waals surface area contributed by atoms with E-state index in [1.165, 1.54) is 0 Å². The first kappa shape index (κ1) is 17.5. The first-order valence-corrected chi connectivity index (χ1v) is 9.70. The lowest BCUT2D eigenvalue weighted by atomic mass is 10.2. The lowest BCUT2D eigenvalue weighted by Crippen LogP contribution is -2.37. The lowest BCUT2D eigenvalue weighted by molar-refractivity contribution is 0.0410. The van der Waals surface area contributed by atoms with Gasteiger partial charge in [-0.25, -0.2) is 4.98 Å². The fourth-order valence-corrected chi connectivity index (χ4v) is 3.89. The van der Waals surface area contributed by atoms with Crippen LogP contribution in [-0.4, -0.2) is 53.1 Å². The number of ether oxygens (including phenoxy) is 1. The molecular formula is C18H25N3O2S. The van der Waals surface area contributed by atoms with Crippen molar-refractivity contribution in [3.05, 3.63) is 34.6 Å². The van der Waals surface area contributed by atoms with E-state index in [0.717, 1.165) is 68.7 Å². The Morgan fingerprint density at radius 2 is 2.00 bits per heavy atom. The lowest BCUT2D eigenvalue weighted by Gasteiger charge is -2.26. The van der Waals surface area contributed by atoms with Gasteiger partial charge >= 0.3 is 0 Å². The number of rotatable bonds is 7. The third-order valence-electron chi connectivity index (χ3n) is 4.30. The zero-order valence-corrected chi connectivity index (χ0v) is 15.1. The highest BCUT2D eigenvalue weighted by Gasteiger charge is 2.13. The maximum atomic E-state index is 12.8. The van der Waals surface area contributed by atoms with Gasteiger partial charge in [-0.3, -0.25) is 14.3 Å². The number of hydrogen-bond donors (Lipinski definition) is 0. The smallest absolute Gasteiger partial charge is 0.262 e. The van der Waals surface area contributed by atoms with Crippen LogP contribution in [0.25, 0.3) is 10.9 Å². The van der Waals surface area contributed by atoms with Gasteiger partial charge in [0, 0.05) is 31.9 Å². The second-order valence-electron chi connectivity index (χ2n) is 6.02. The molecule has 0 unspecified atom stereocenters. The molecule has 1 saturated heterocycles. The molecular weight excluding hydrogens is 322 g/mol. The van der Waals surface area contributed by atoms with Gasteiger partial charge in [-0.05, 0) is 18.6 Å². The predicted octanol–water partition coefficient (Wildman–Crippen LogP) is 2.62. The molecule has 3 rings (SSSR count). The highest BCUT2D eigenvalue weighted by Crippen LogP contribution is 2.18. The summed E-state index contributed by atoms with van der Waals surface area (Å²) in [5, 5.41) is 1.56. The van der Waals surface area contributed by atoms with E-state index in [0.29, 0.717) is 5.39 Å². The van der Waals surface area contributed by atoms with Crippen LogP contribution in [0.15, 0.2) is 34.2 Å². The summed E-state index contributed by atoms with van der Waals surface area (Å²) in [6.45, 7) is 7.52. The standard InChI is InChI=1S/C18H25N3O2S/c1-2-3-8-21-17(22)15-6-4-5-7-16(15)19-18(21)24-14-11-20-9-12-23-13-10-20/h4-7H,2-3,8-14H2,1H3. The van der Waals surface area contributed by atoms with Gasteiger partial charge in [-0.1, -0.05) is 37.2 Å². The van der Waals surface area contributed by atoms with Crippen LogP contribution in [0.1, 0.15) is 19.8 Å². The largest absolute Gasteiger partial charge is 0.379 e. The Morgan fingerprint density at radius 1 is 1.21 bits per heavy atom. The third kappa shape index (κ3) is 4.18. The second kappa shape index (κ2) is 8.65. The van der Waals surface area contributed by atoms with Gasteiger partial charge < -0.3 is 4.74 Å². The molecule has 130 valence electrons. The molecule has 0 saturated carbocycles. The normalized spacial score (nSPS) is 15.9. The highest BCUT2D eigenvalue weighted by molar-refractivity contribution is 7.99. The molecule has 6 heteroatoms. The van der Waals surface area contributed by atoms with E-state index in [1.807, 2.05) is 28.8 Å². The number of morpholine rings is 1. The average molecular weight is 347 g/mol. The van der Waals surface area contributed by atoms with Gasteiger partial charge in [0.15, 0.2) is 5.16 Å². The molecule has 1 aromatic heterocycles. The number of unbranched alkanes of at least 4 members (excludes halogenated alkanes) is 1. The summed E-state index contributed by atoms with van der Waals surface area (Å²) >= 11 is 1.69. The van der Waals surface area contributed by atoms with Crippen molar-refractivity contribution in [2.24, 2.45) is 0 Å². The van der Waals surface area contributed by atoms with Crippen LogP contribution in [0, 0.1) is 0 Å². The van der Waals surface area contributed by atoms with Crippen molar-refractivity contribution < 1.29 is 4.74 Å². The molecule has 1 fully saturated rings. The molecule has 0 N–H and O–H groups in total. The molecule has 2 aromatic rings. The summed E-state index contributed by atoms with van der Waals surface area (Å²) in [5.74, 6) is 0.941. The van der Waals surface area contributed by atoms with Gasteiger partial charge in [-0.15, -0.1) is 0 Å². The van der Waals surface area contributed by atoms with Crippen LogP contribution in [0.4, 0.5) is 0 Å².